The van der Waals surface area contributed by atoms with E-state index < -0.39 is 0 Å². The van der Waals surface area contributed by atoms with Gasteiger partial charge in [-0.2, -0.15) is 11.3 Å². The Bertz CT molecular complexity index is 411. The SMILES string of the molecule is Cc1cscc1C(=O)N[C@@H]1C=C[C@H](CO)C1. The zero-order chi connectivity index (χ0) is 11.5. The molecule has 86 valence electrons. The molecule has 0 saturated heterocycles. The van der Waals surface area contributed by atoms with Crippen LogP contribution in [0.1, 0.15) is 22.3 Å². The zero-order valence-electron chi connectivity index (χ0n) is 9.14. The third-order valence-electron chi connectivity index (χ3n) is 2.82. The van der Waals surface area contributed by atoms with Crippen LogP contribution in [-0.4, -0.2) is 23.7 Å². The molecule has 16 heavy (non-hydrogen) atoms. The molecule has 4 heteroatoms. The molecule has 0 unspecified atom stereocenters. The lowest BCUT2D eigenvalue weighted by molar-refractivity contribution is 0.0941. The quantitative estimate of drug-likeness (QED) is 0.786. The fourth-order valence-electron chi connectivity index (χ4n) is 1.86. The van der Waals surface area contributed by atoms with Crippen LogP contribution >= 0.6 is 11.3 Å². The van der Waals surface area contributed by atoms with Crippen LogP contribution in [0.2, 0.25) is 0 Å². The third-order valence-corrected chi connectivity index (χ3v) is 3.68. The molecule has 3 nitrogen and oxygen atoms in total. The van der Waals surface area contributed by atoms with Gasteiger partial charge in [0.2, 0.25) is 0 Å². The van der Waals surface area contributed by atoms with Gasteiger partial charge in [0, 0.05) is 23.9 Å². The van der Waals surface area contributed by atoms with Crippen molar-refractivity contribution in [2.75, 3.05) is 6.61 Å². The minimum atomic E-state index is -0.0213. The molecule has 1 aromatic heterocycles. The number of hydrogen-bond acceptors (Lipinski definition) is 3. The van der Waals surface area contributed by atoms with E-state index in [1.807, 2.05) is 29.8 Å². The molecule has 0 radical (unpaired) electrons. The normalized spacial score (nSPS) is 23.6. The van der Waals surface area contributed by atoms with E-state index in [1.165, 1.54) is 11.3 Å². The lowest BCUT2D eigenvalue weighted by Gasteiger charge is -2.12. The molecular weight excluding hydrogens is 222 g/mol. The number of amides is 1. The van der Waals surface area contributed by atoms with Gasteiger partial charge in [0.1, 0.15) is 0 Å². The lowest BCUT2D eigenvalue weighted by Crippen LogP contribution is -2.33. The van der Waals surface area contributed by atoms with Gasteiger partial charge < -0.3 is 10.4 Å². The molecule has 2 N–H and O–H groups in total. The molecule has 2 rings (SSSR count). The van der Waals surface area contributed by atoms with Crippen molar-refractivity contribution >= 4 is 17.2 Å². The number of hydrogen-bond donors (Lipinski definition) is 2. The molecular formula is C12H15NO2S. The first-order chi connectivity index (χ1) is 7.70. The number of carbonyl (C=O) groups is 1. The average Bonchev–Trinajstić information content (AvgIpc) is 2.86. The van der Waals surface area contributed by atoms with Crippen molar-refractivity contribution in [2.24, 2.45) is 5.92 Å². The van der Waals surface area contributed by atoms with Gasteiger partial charge in [0.05, 0.1) is 5.56 Å². The molecule has 1 amide bonds. The standard InChI is InChI=1S/C12H15NO2S/c1-8-6-16-7-11(8)12(15)13-10-3-2-9(4-10)5-14/h2-3,6-7,9-10,14H,4-5H2,1H3,(H,13,15)/t9-,10+/m0/s1. The minimum Gasteiger partial charge on any atom is -0.396 e. The smallest absolute Gasteiger partial charge is 0.252 e. The van der Waals surface area contributed by atoms with E-state index in [-0.39, 0.29) is 24.5 Å². The van der Waals surface area contributed by atoms with Crippen LogP contribution in [0.4, 0.5) is 0 Å². The largest absolute Gasteiger partial charge is 0.396 e. The summed E-state index contributed by atoms with van der Waals surface area (Å²) in [5, 5.41) is 15.8. The van der Waals surface area contributed by atoms with Crippen LogP contribution in [0.25, 0.3) is 0 Å². The van der Waals surface area contributed by atoms with Crippen LogP contribution in [0, 0.1) is 12.8 Å². The molecule has 0 spiro atoms. The van der Waals surface area contributed by atoms with Gasteiger partial charge in [0.25, 0.3) is 5.91 Å². The van der Waals surface area contributed by atoms with Gasteiger partial charge in [-0.15, -0.1) is 0 Å². The minimum absolute atomic E-state index is 0.0213. The maximum absolute atomic E-state index is 11.9. The predicted octanol–water partition coefficient (Wildman–Crippen LogP) is 1.72. The highest BCUT2D eigenvalue weighted by atomic mass is 32.1. The predicted molar refractivity (Wildman–Crippen MR) is 64.6 cm³/mol. The summed E-state index contributed by atoms with van der Waals surface area (Å²) in [5.74, 6) is 0.167. The van der Waals surface area contributed by atoms with E-state index in [0.717, 1.165) is 17.5 Å². The highest BCUT2D eigenvalue weighted by molar-refractivity contribution is 7.08. The van der Waals surface area contributed by atoms with Gasteiger partial charge in [-0.1, -0.05) is 12.2 Å². The Hall–Kier alpha value is -1.13. The zero-order valence-corrected chi connectivity index (χ0v) is 9.96. The van der Waals surface area contributed by atoms with Gasteiger partial charge in [-0.3, -0.25) is 4.79 Å². The summed E-state index contributed by atoms with van der Waals surface area (Å²) < 4.78 is 0. The Morgan fingerprint density at radius 3 is 2.94 bits per heavy atom. The molecule has 0 saturated carbocycles. The second-order valence-electron chi connectivity index (χ2n) is 4.11. The molecule has 1 aromatic rings. The Kier molecular flexibility index (Phi) is 3.41. The molecule has 1 heterocycles. The second-order valence-corrected chi connectivity index (χ2v) is 4.86. The summed E-state index contributed by atoms with van der Waals surface area (Å²) in [6.07, 6.45) is 4.72. The van der Waals surface area contributed by atoms with Crippen LogP contribution in [0.15, 0.2) is 22.9 Å². The number of carbonyl (C=O) groups excluding carboxylic acids is 1. The van der Waals surface area contributed by atoms with Gasteiger partial charge in [-0.25, -0.2) is 0 Å². The third kappa shape index (κ3) is 2.33. The number of aliphatic hydroxyl groups excluding tert-OH is 1. The van der Waals surface area contributed by atoms with Crippen molar-refractivity contribution in [3.63, 3.8) is 0 Å². The van der Waals surface area contributed by atoms with Gasteiger partial charge in [0.15, 0.2) is 0 Å². The fourth-order valence-corrected chi connectivity index (χ4v) is 2.68. The fraction of sp³-hybridized carbons (Fsp3) is 0.417. The summed E-state index contributed by atoms with van der Waals surface area (Å²) >= 11 is 1.54. The molecule has 0 aromatic carbocycles. The first-order valence-corrected chi connectivity index (χ1v) is 6.28. The second kappa shape index (κ2) is 4.80. The summed E-state index contributed by atoms with van der Waals surface area (Å²) in [6.45, 7) is 2.09. The van der Waals surface area contributed by atoms with Gasteiger partial charge in [-0.05, 0) is 24.3 Å². The van der Waals surface area contributed by atoms with Crippen LogP contribution in [0.5, 0.6) is 0 Å². The topological polar surface area (TPSA) is 49.3 Å². The average molecular weight is 237 g/mol. The Morgan fingerprint density at radius 2 is 2.38 bits per heavy atom. The Labute approximate surface area is 98.8 Å². The first-order valence-electron chi connectivity index (χ1n) is 5.33. The monoisotopic (exact) mass is 237 g/mol. The van der Waals surface area contributed by atoms with E-state index in [0.29, 0.717) is 0 Å². The number of aliphatic hydroxyl groups is 1. The molecule has 0 fully saturated rings. The Morgan fingerprint density at radius 1 is 1.56 bits per heavy atom. The molecule has 0 bridgehead atoms. The van der Waals surface area contributed by atoms with Crippen molar-refractivity contribution in [1.82, 2.24) is 5.32 Å². The van der Waals surface area contributed by atoms with Crippen molar-refractivity contribution < 1.29 is 9.90 Å². The van der Waals surface area contributed by atoms with E-state index in [1.54, 1.807) is 0 Å². The lowest BCUT2D eigenvalue weighted by atomic mass is 10.1. The molecule has 1 aliphatic rings. The van der Waals surface area contributed by atoms with E-state index >= 15 is 0 Å². The van der Waals surface area contributed by atoms with Crippen LogP contribution in [-0.2, 0) is 0 Å². The van der Waals surface area contributed by atoms with Crippen molar-refractivity contribution in [1.29, 1.82) is 0 Å². The molecule has 1 aliphatic carbocycles. The van der Waals surface area contributed by atoms with Crippen molar-refractivity contribution in [2.45, 2.75) is 19.4 Å². The molecule has 2 atom stereocenters. The number of rotatable bonds is 3. The van der Waals surface area contributed by atoms with E-state index in [4.69, 9.17) is 5.11 Å². The highest BCUT2D eigenvalue weighted by Gasteiger charge is 2.20. The maximum Gasteiger partial charge on any atom is 0.252 e. The van der Waals surface area contributed by atoms with Crippen molar-refractivity contribution in [3.05, 3.63) is 34.0 Å². The summed E-state index contributed by atoms with van der Waals surface area (Å²) in [7, 11) is 0. The first kappa shape index (κ1) is 11.4. The molecule has 0 aliphatic heterocycles. The highest BCUT2D eigenvalue weighted by Crippen LogP contribution is 2.19. The Balaban J connectivity index is 1.95. The van der Waals surface area contributed by atoms with Crippen LogP contribution in [0.3, 0.4) is 0 Å². The summed E-state index contributed by atoms with van der Waals surface area (Å²) in [6, 6.07) is 0.0592. The summed E-state index contributed by atoms with van der Waals surface area (Å²) in [4.78, 5) is 11.9. The van der Waals surface area contributed by atoms with Crippen LogP contribution < -0.4 is 5.32 Å². The van der Waals surface area contributed by atoms with E-state index in [9.17, 15) is 4.79 Å². The number of aryl methyl sites for hydroxylation is 1. The summed E-state index contributed by atoms with van der Waals surface area (Å²) in [5.41, 5.74) is 1.77. The maximum atomic E-state index is 11.9. The number of nitrogens with one attached hydrogen (secondary N) is 1. The van der Waals surface area contributed by atoms with E-state index in [2.05, 4.69) is 5.32 Å². The van der Waals surface area contributed by atoms with Crippen molar-refractivity contribution in [3.8, 4) is 0 Å². The van der Waals surface area contributed by atoms with Gasteiger partial charge >= 0.3 is 0 Å². The number of thiophene rings is 1.